The monoisotopic (exact) mass is 461 g/mol. The third-order valence-electron chi connectivity index (χ3n) is 3.91. The van der Waals surface area contributed by atoms with E-state index in [1.54, 1.807) is 0 Å². The molecule has 0 heterocycles. The summed E-state index contributed by atoms with van der Waals surface area (Å²) in [6, 6.07) is -6.31. The first-order valence-corrected chi connectivity index (χ1v) is 9.13. The number of aliphatic hydroxyl groups is 1. The van der Waals surface area contributed by atoms with E-state index in [2.05, 4.69) is 5.32 Å². The average molecular weight is 461 g/mol. The number of nitrogens with one attached hydrogen (secondary N) is 3. The van der Waals surface area contributed by atoms with Crippen LogP contribution in [0.3, 0.4) is 0 Å². The molecule has 16 nitrogen and oxygen atoms in total. The second-order valence-electron chi connectivity index (χ2n) is 6.66. The SMILES string of the molecule is NC(=O)CCC(NC(=O)C(CO)NC(=O)C(CC(N)=O)NC(=O)C(N)CC(N)=O)C(=O)O. The van der Waals surface area contributed by atoms with Crippen molar-refractivity contribution in [2.45, 2.75) is 49.9 Å². The van der Waals surface area contributed by atoms with E-state index in [1.165, 1.54) is 0 Å². The van der Waals surface area contributed by atoms with Gasteiger partial charge < -0.3 is 49.1 Å². The number of rotatable bonds is 15. The Balaban J connectivity index is 5.27. The van der Waals surface area contributed by atoms with E-state index >= 15 is 0 Å². The molecule has 13 N–H and O–H groups in total. The normalized spacial score (nSPS) is 14.2. The molecule has 32 heavy (non-hydrogen) atoms. The highest BCUT2D eigenvalue weighted by Crippen LogP contribution is 2.00. The van der Waals surface area contributed by atoms with Crippen molar-refractivity contribution in [1.29, 1.82) is 0 Å². The van der Waals surface area contributed by atoms with Crippen LogP contribution in [0, 0.1) is 0 Å². The highest BCUT2D eigenvalue weighted by molar-refractivity contribution is 5.97. The van der Waals surface area contributed by atoms with Crippen LogP contribution in [0.1, 0.15) is 25.7 Å². The summed E-state index contributed by atoms with van der Waals surface area (Å²) < 4.78 is 0. The molecule has 4 unspecified atom stereocenters. The van der Waals surface area contributed by atoms with Crippen LogP contribution < -0.4 is 38.9 Å². The lowest BCUT2D eigenvalue weighted by atomic mass is 10.1. The van der Waals surface area contributed by atoms with Gasteiger partial charge in [-0.25, -0.2) is 4.79 Å². The number of nitrogens with two attached hydrogens (primary N) is 4. The number of carbonyl (C=O) groups excluding carboxylic acids is 6. The fourth-order valence-electron chi connectivity index (χ4n) is 2.28. The Kier molecular flexibility index (Phi) is 11.9. The molecule has 0 radical (unpaired) electrons. The molecule has 0 aliphatic heterocycles. The molecule has 0 fully saturated rings. The van der Waals surface area contributed by atoms with E-state index in [0.717, 1.165) is 0 Å². The summed E-state index contributed by atoms with van der Waals surface area (Å²) in [5.41, 5.74) is 20.4. The maximum absolute atomic E-state index is 12.4. The standard InChI is InChI=1S/C16H27N7O9/c17-6(3-11(19)26)13(28)22-8(4-12(20)27)14(29)23-9(5-24)15(30)21-7(16(31)32)1-2-10(18)25/h6-9,24H,1-5,17H2,(H2,18,25)(H2,19,26)(H2,20,27)(H,21,30)(H,22,28)(H,23,29)(H,31,32). The van der Waals surface area contributed by atoms with Gasteiger partial charge in [0.25, 0.3) is 0 Å². The molecular formula is C16H27N7O9. The smallest absolute Gasteiger partial charge is 0.326 e. The first-order valence-electron chi connectivity index (χ1n) is 9.13. The lowest BCUT2D eigenvalue weighted by molar-refractivity contribution is -0.143. The minimum atomic E-state index is -1.69. The predicted molar refractivity (Wildman–Crippen MR) is 105 cm³/mol. The van der Waals surface area contributed by atoms with Crippen molar-refractivity contribution in [3.8, 4) is 0 Å². The molecule has 0 aromatic rings. The lowest BCUT2D eigenvalue weighted by Gasteiger charge is -2.23. The van der Waals surface area contributed by atoms with Crippen LogP contribution in [-0.2, 0) is 33.6 Å². The molecule has 0 aliphatic carbocycles. The molecule has 0 bridgehead atoms. The van der Waals surface area contributed by atoms with Gasteiger partial charge in [-0.1, -0.05) is 0 Å². The largest absolute Gasteiger partial charge is 0.480 e. The molecule has 0 spiro atoms. The van der Waals surface area contributed by atoms with Gasteiger partial charge in [0.15, 0.2) is 0 Å². The van der Waals surface area contributed by atoms with Gasteiger partial charge in [-0.15, -0.1) is 0 Å². The summed E-state index contributed by atoms with van der Waals surface area (Å²) >= 11 is 0. The van der Waals surface area contributed by atoms with E-state index in [-0.39, 0.29) is 12.8 Å². The molecular weight excluding hydrogens is 434 g/mol. The summed E-state index contributed by atoms with van der Waals surface area (Å²) in [5.74, 6) is -7.51. The van der Waals surface area contributed by atoms with E-state index in [0.29, 0.717) is 0 Å². The van der Waals surface area contributed by atoms with Crippen molar-refractivity contribution in [2.75, 3.05) is 6.61 Å². The maximum atomic E-state index is 12.4. The van der Waals surface area contributed by atoms with Crippen molar-refractivity contribution in [2.24, 2.45) is 22.9 Å². The number of carbonyl (C=O) groups is 7. The third kappa shape index (κ3) is 10.8. The first kappa shape index (κ1) is 28.2. The molecule has 180 valence electrons. The van der Waals surface area contributed by atoms with Gasteiger partial charge in [0.05, 0.1) is 25.5 Å². The third-order valence-corrected chi connectivity index (χ3v) is 3.91. The van der Waals surface area contributed by atoms with Crippen molar-refractivity contribution in [3.63, 3.8) is 0 Å². The summed E-state index contributed by atoms with van der Waals surface area (Å²) in [5, 5.41) is 24.6. The molecule has 16 heteroatoms. The highest BCUT2D eigenvalue weighted by atomic mass is 16.4. The van der Waals surface area contributed by atoms with Crippen LogP contribution in [0.2, 0.25) is 0 Å². The molecule has 0 aromatic heterocycles. The van der Waals surface area contributed by atoms with Gasteiger partial charge >= 0.3 is 5.97 Å². The summed E-state index contributed by atoms with van der Waals surface area (Å²) in [6.07, 6.45) is -1.98. The number of carboxylic acid groups (broad SMARTS) is 1. The fourth-order valence-corrected chi connectivity index (χ4v) is 2.28. The number of aliphatic hydroxyl groups excluding tert-OH is 1. The molecule has 0 saturated carbocycles. The number of amides is 6. The van der Waals surface area contributed by atoms with Crippen LogP contribution in [-0.4, -0.2) is 82.4 Å². The van der Waals surface area contributed by atoms with E-state index in [9.17, 15) is 38.7 Å². The van der Waals surface area contributed by atoms with Crippen LogP contribution >= 0.6 is 0 Å². The topological polar surface area (TPSA) is 300 Å². The van der Waals surface area contributed by atoms with Crippen molar-refractivity contribution in [3.05, 3.63) is 0 Å². The summed E-state index contributed by atoms with van der Waals surface area (Å²) in [4.78, 5) is 80.8. The lowest BCUT2D eigenvalue weighted by Crippen LogP contribution is -2.58. The van der Waals surface area contributed by atoms with E-state index in [1.807, 2.05) is 10.6 Å². The molecule has 0 saturated heterocycles. The van der Waals surface area contributed by atoms with Crippen molar-refractivity contribution >= 4 is 41.4 Å². The van der Waals surface area contributed by atoms with Crippen molar-refractivity contribution < 1.29 is 43.8 Å². The van der Waals surface area contributed by atoms with E-state index < -0.39 is 85.0 Å². The zero-order valence-corrected chi connectivity index (χ0v) is 16.9. The van der Waals surface area contributed by atoms with Gasteiger partial charge in [-0.2, -0.15) is 0 Å². The molecule has 0 aliphatic rings. The zero-order chi connectivity index (χ0) is 25.0. The Bertz CT molecular complexity index is 758. The van der Waals surface area contributed by atoms with Crippen LogP contribution in [0.25, 0.3) is 0 Å². The Morgan fingerprint density at radius 2 is 1.16 bits per heavy atom. The molecule has 0 rings (SSSR count). The van der Waals surface area contributed by atoms with Crippen molar-refractivity contribution in [1.82, 2.24) is 16.0 Å². The average Bonchev–Trinajstić information content (AvgIpc) is 2.66. The molecule has 4 atom stereocenters. The Morgan fingerprint density at radius 3 is 1.59 bits per heavy atom. The maximum Gasteiger partial charge on any atom is 0.326 e. The Hall–Kier alpha value is -3.79. The molecule has 6 amide bonds. The minimum Gasteiger partial charge on any atom is -0.480 e. The summed E-state index contributed by atoms with van der Waals surface area (Å²) in [6.45, 7) is -0.988. The Labute approximate surface area is 181 Å². The van der Waals surface area contributed by atoms with Gasteiger partial charge in [0.1, 0.15) is 18.1 Å². The number of hydrogen-bond acceptors (Lipinski definition) is 9. The van der Waals surface area contributed by atoms with Crippen LogP contribution in [0.15, 0.2) is 0 Å². The quantitative estimate of drug-likeness (QED) is 0.111. The first-order chi connectivity index (χ1) is 14.8. The van der Waals surface area contributed by atoms with Gasteiger partial charge in [-0.05, 0) is 6.42 Å². The van der Waals surface area contributed by atoms with Gasteiger partial charge in [-0.3, -0.25) is 28.8 Å². The molecule has 0 aromatic carbocycles. The Morgan fingerprint density at radius 1 is 0.688 bits per heavy atom. The van der Waals surface area contributed by atoms with E-state index in [4.69, 9.17) is 28.0 Å². The number of hydrogen-bond donors (Lipinski definition) is 9. The number of primary amides is 3. The summed E-state index contributed by atoms with van der Waals surface area (Å²) in [7, 11) is 0. The van der Waals surface area contributed by atoms with Gasteiger partial charge in [0, 0.05) is 6.42 Å². The second-order valence-corrected chi connectivity index (χ2v) is 6.66. The fraction of sp³-hybridized carbons (Fsp3) is 0.562. The van der Waals surface area contributed by atoms with Gasteiger partial charge in [0.2, 0.25) is 35.4 Å². The highest BCUT2D eigenvalue weighted by Gasteiger charge is 2.31. The zero-order valence-electron chi connectivity index (χ0n) is 16.9. The van der Waals surface area contributed by atoms with Crippen LogP contribution in [0.5, 0.6) is 0 Å². The number of aliphatic carboxylic acids is 1. The minimum absolute atomic E-state index is 0.347. The predicted octanol–water partition coefficient (Wildman–Crippen LogP) is -6.14. The number of carboxylic acids is 1. The van der Waals surface area contributed by atoms with Crippen LogP contribution in [0.4, 0.5) is 0 Å². The second kappa shape index (κ2) is 13.5.